The van der Waals surface area contributed by atoms with Gasteiger partial charge in [-0.3, -0.25) is 0 Å². The number of aromatic nitrogens is 2. The molecule has 5 aromatic carbocycles. The molecular formula is C39H30N2. The van der Waals surface area contributed by atoms with Crippen LogP contribution in [0.15, 0.2) is 121 Å². The molecule has 0 saturated carbocycles. The molecule has 0 bridgehead atoms. The van der Waals surface area contributed by atoms with Crippen LogP contribution in [0.2, 0.25) is 0 Å². The van der Waals surface area contributed by atoms with Crippen LogP contribution >= 0.6 is 0 Å². The molecule has 2 atom stereocenters. The lowest BCUT2D eigenvalue weighted by molar-refractivity contribution is 0.421. The predicted octanol–water partition coefficient (Wildman–Crippen LogP) is 7.99. The van der Waals surface area contributed by atoms with Gasteiger partial charge in [-0.1, -0.05) is 117 Å². The highest BCUT2D eigenvalue weighted by atomic mass is 15.1. The summed E-state index contributed by atoms with van der Waals surface area (Å²) in [5.74, 6) is 0.786. The molecule has 0 radical (unpaired) electrons. The van der Waals surface area contributed by atoms with Crippen LogP contribution in [0.25, 0.3) is 56.2 Å². The standard InChI is InChI=1S/C39H30N2/c1-39(2)32-19-9-6-15-26(32)30-23-31-28-17-8-11-21-35(28)41(37(31)24-33(30)39)36-22-12-18-29-27-16-7-10-20-34(27)40(38(29)36)25-13-4-3-5-14-25/h3-24,30,33H,1-2H3. The third-order valence-electron chi connectivity index (χ3n) is 9.80. The molecule has 2 heterocycles. The fourth-order valence-electron chi connectivity index (χ4n) is 7.96. The van der Waals surface area contributed by atoms with Crippen molar-refractivity contribution >= 4 is 44.9 Å². The molecule has 0 spiro atoms. The Kier molecular flexibility index (Phi) is 4.54. The smallest absolute Gasteiger partial charge is 0.0782 e. The summed E-state index contributed by atoms with van der Waals surface area (Å²) in [6, 6.07) is 44.4. The van der Waals surface area contributed by atoms with Gasteiger partial charge in [0.2, 0.25) is 0 Å². The molecular weight excluding hydrogens is 496 g/mol. The molecule has 7 aromatic rings. The molecule has 196 valence electrons. The Labute approximate surface area is 239 Å². The number of nitrogens with zero attached hydrogens (tertiary/aromatic N) is 2. The monoisotopic (exact) mass is 526 g/mol. The van der Waals surface area contributed by atoms with Crippen LogP contribution in [0.4, 0.5) is 0 Å². The number of hydrogen-bond acceptors (Lipinski definition) is 0. The van der Waals surface area contributed by atoms with E-state index in [-0.39, 0.29) is 5.41 Å². The Bertz CT molecular complexity index is 2300. The number of rotatable bonds is 2. The van der Waals surface area contributed by atoms with Gasteiger partial charge in [-0.15, -0.1) is 0 Å². The normalized spacial score (nSPS) is 18.6. The Balaban J connectivity index is 1.44. The van der Waals surface area contributed by atoms with Crippen molar-refractivity contribution in [2.24, 2.45) is 5.92 Å². The minimum absolute atomic E-state index is 0.0572. The van der Waals surface area contributed by atoms with Crippen molar-refractivity contribution in [1.29, 1.82) is 0 Å². The quantitative estimate of drug-likeness (QED) is 0.216. The van der Waals surface area contributed by atoms with Crippen LogP contribution in [0.3, 0.4) is 0 Å². The lowest BCUT2D eigenvalue weighted by Crippen LogP contribution is -2.37. The van der Waals surface area contributed by atoms with Crippen molar-refractivity contribution in [3.05, 3.63) is 143 Å². The second-order valence-electron chi connectivity index (χ2n) is 12.2. The molecule has 41 heavy (non-hydrogen) atoms. The molecule has 0 aliphatic heterocycles. The zero-order valence-electron chi connectivity index (χ0n) is 23.3. The molecule has 2 aliphatic rings. The Hall–Kier alpha value is -4.82. The fraction of sp³-hybridized carbons (Fsp3) is 0.128. The van der Waals surface area contributed by atoms with Crippen molar-refractivity contribution in [1.82, 2.24) is 9.13 Å². The Morgan fingerprint density at radius 2 is 1.22 bits per heavy atom. The van der Waals surface area contributed by atoms with Crippen LogP contribution in [0, 0.1) is 5.92 Å². The van der Waals surface area contributed by atoms with Gasteiger partial charge < -0.3 is 9.13 Å². The highest BCUT2D eigenvalue weighted by Crippen LogP contribution is 2.52. The van der Waals surface area contributed by atoms with E-state index in [1.54, 1.807) is 0 Å². The number of para-hydroxylation sites is 4. The average Bonchev–Trinajstić information content (AvgIpc) is 3.61. The zero-order valence-corrected chi connectivity index (χ0v) is 23.3. The number of hydrogen-bond donors (Lipinski definition) is 0. The van der Waals surface area contributed by atoms with Crippen molar-refractivity contribution in [2.75, 3.05) is 0 Å². The van der Waals surface area contributed by atoms with E-state index in [1.807, 2.05) is 0 Å². The summed E-state index contributed by atoms with van der Waals surface area (Å²) in [7, 11) is 0. The molecule has 2 aromatic heterocycles. The number of benzene rings is 5. The van der Waals surface area contributed by atoms with E-state index in [9.17, 15) is 0 Å². The molecule has 0 N–H and O–H groups in total. The van der Waals surface area contributed by atoms with Gasteiger partial charge in [0, 0.05) is 33.0 Å². The van der Waals surface area contributed by atoms with Crippen LogP contribution in [0.5, 0.6) is 0 Å². The Morgan fingerprint density at radius 1 is 0.561 bits per heavy atom. The van der Waals surface area contributed by atoms with Crippen molar-refractivity contribution < 1.29 is 0 Å². The van der Waals surface area contributed by atoms with Gasteiger partial charge in [0.15, 0.2) is 0 Å². The van der Waals surface area contributed by atoms with Crippen LogP contribution in [-0.4, -0.2) is 9.13 Å². The third-order valence-corrected chi connectivity index (χ3v) is 9.80. The van der Waals surface area contributed by atoms with Gasteiger partial charge in [0.05, 0.1) is 27.6 Å². The second-order valence-corrected chi connectivity index (χ2v) is 12.2. The first kappa shape index (κ1) is 22.9. The predicted molar refractivity (Wildman–Crippen MR) is 171 cm³/mol. The first-order valence-corrected chi connectivity index (χ1v) is 14.6. The topological polar surface area (TPSA) is 9.86 Å². The molecule has 9 rings (SSSR count). The first-order chi connectivity index (χ1) is 20.1. The van der Waals surface area contributed by atoms with Gasteiger partial charge in [0.1, 0.15) is 0 Å². The van der Waals surface area contributed by atoms with Gasteiger partial charge in [-0.2, -0.15) is 0 Å². The van der Waals surface area contributed by atoms with Crippen molar-refractivity contribution in [3.63, 3.8) is 0 Å². The number of fused-ring (bicyclic) bond motifs is 9. The molecule has 0 saturated heterocycles. The van der Waals surface area contributed by atoms with Gasteiger partial charge in [0.25, 0.3) is 0 Å². The summed E-state index contributed by atoms with van der Waals surface area (Å²) < 4.78 is 4.99. The maximum Gasteiger partial charge on any atom is 0.0782 e. The summed E-state index contributed by atoms with van der Waals surface area (Å²) in [5, 5.41) is 6.54. The lowest BCUT2D eigenvalue weighted by Gasteiger charge is -2.29. The molecule has 2 heteroatoms. The molecule has 2 aliphatic carbocycles. The third kappa shape index (κ3) is 2.97. The molecule has 0 fully saturated rings. The van der Waals surface area contributed by atoms with Gasteiger partial charge in [-0.25, -0.2) is 0 Å². The molecule has 2 nitrogen and oxygen atoms in total. The van der Waals surface area contributed by atoms with E-state index < -0.39 is 0 Å². The Morgan fingerprint density at radius 3 is 2.05 bits per heavy atom. The van der Waals surface area contributed by atoms with E-state index in [4.69, 9.17) is 0 Å². The minimum atomic E-state index is 0.0572. The van der Waals surface area contributed by atoms with E-state index in [0.29, 0.717) is 11.8 Å². The highest BCUT2D eigenvalue weighted by Gasteiger charge is 2.45. The largest absolute Gasteiger partial charge is 0.307 e. The van der Waals surface area contributed by atoms with E-state index >= 15 is 0 Å². The summed E-state index contributed by atoms with van der Waals surface area (Å²) in [4.78, 5) is 0. The maximum absolute atomic E-state index is 2.59. The van der Waals surface area contributed by atoms with Crippen LogP contribution < -0.4 is 10.6 Å². The SMILES string of the molecule is CC1(C)c2ccccc2C2C=c3c(n(-c4cccc5c6ccccc6n(-c6ccccc6)c45)c4ccccc34)=CC21. The van der Waals surface area contributed by atoms with Crippen molar-refractivity contribution in [2.45, 2.75) is 25.2 Å². The second kappa shape index (κ2) is 8.11. The maximum atomic E-state index is 2.59. The summed E-state index contributed by atoms with van der Waals surface area (Å²) in [6.07, 6.45) is 5.16. The molecule has 0 amide bonds. The lowest BCUT2D eigenvalue weighted by atomic mass is 9.74. The first-order valence-electron chi connectivity index (χ1n) is 14.6. The average molecular weight is 527 g/mol. The van der Waals surface area contributed by atoms with E-state index in [2.05, 4.69) is 156 Å². The minimum Gasteiger partial charge on any atom is -0.307 e. The van der Waals surface area contributed by atoms with Gasteiger partial charge in [-0.05, 0) is 52.8 Å². The zero-order chi connectivity index (χ0) is 27.3. The fourth-order valence-corrected chi connectivity index (χ4v) is 7.96. The summed E-state index contributed by atoms with van der Waals surface area (Å²) >= 11 is 0. The van der Waals surface area contributed by atoms with Crippen LogP contribution in [-0.2, 0) is 5.41 Å². The van der Waals surface area contributed by atoms with E-state index in [1.165, 1.54) is 65.8 Å². The van der Waals surface area contributed by atoms with Crippen LogP contribution in [0.1, 0.15) is 30.9 Å². The van der Waals surface area contributed by atoms with Crippen molar-refractivity contribution in [3.8, 4) is 11.4 Å². The molecule has 2 unspecified atom stereocenters. The summed E-state index contributed by atoms with van der Waals surface area (Å²) in [6.45, 7) is 4.85. The highest BCUT2D eigenvalue weighted by molar-refractivity contribution is 6.12. The summed E-state index contributed by atoms with van der Waals surface area (Å²) in [5.41, 5.74) is 9.15. The van der Waals surface area contributed by atoms with E-state index in [0.717, 1.165) is 0 Å². The van der Waals surface area contributed by atoms with Gasteiger partial charge >= 0.3 is 0 Å².